The zero-order valence-electron chi connectivity index (χ0n) is 18.5. The summed E-state index contributed by atoms with van der Waals surface area (Å²) >= 11 is 0. The minimum atomic E-state index is -0.667. The molecular formula is C24H26N8O. The van der Waals surface area contributed by atoms with Gasteiger partial charge in [-0.3, -0.25) is 14.9 Å². The number of nitrogens with one attached hydrogen (secondary N) is 2. The number of anilines is 3. The summed E-state index contributed by atoms with van der Waals surface area (Å²) in [4.78, 5) is 24.5. The molecule has 4 aromatic heterocycles. The van der Waals surface area contributed by atoms with E-state index < -0.39 is 5.54 Å². The SMILES string of the molecule is C[C@@]1(C(=O)Cc2cccnc2)CCCN1c1nc(Nc2cc(C3CC3)[nH]n2)c2cccn2n1. The molecule has 168 valence electrons. The maximum atomic E-state index is 13.4. The summed E-state index contributed by atoms with van der Waals surface area (Å²) in [6.07, 6.45) is 9.82. The topological polar surface area (TPSA) is 104 Å². The molecule has 6 rings (SSSR count). The van der Waals surface area contributed by atoms with Gasteiger partial charge in [0.25, 0.3) is 0 Å². The van der Waals surface area contributed by atoms with Crippen LogP contribution in [-0.4, -0.2) is 47.6 Å². The number of H-pyrrole nitrogens is 1. The number of aromatic nitrogens is 6. The van der Waals surface area contributed by atoms with E-state index in [1.54, 1.807) is 12.4 Å². The van der Waals surface area contributed by atoms with Crippen molar-refractivity contribution in [1.29, 1.82) is 0 Å². The Morgan fingerprint density at radius 1 is 1.30 bits per heavy atom. The molecule has 2 fully saturated rings. The summed E-state index contributed by atoms with van der Waals surface area (Å²) < 4.78 is 1.81. The van der Waals surface area contributed by atoms with Crippen molar-refractivity contribution in [2.24, 2.45) is 0 Å². The lowest BCUT2D eigenvalue weighted by Gasteiger charge is -2.34. The maximum Gasteiger partial charge on any atom is 0.246 e. The predicted octanol–water partition coefficient (Wildman–Crippen LogP) is 3.64. The minimum Gasteiger partial charge on any atom is -0.327 e. The van der Waals surface area contributed by atoms with Gasteiger partial charge < -0.3 is 10.2 Å². The average Bonchev–Trinajstić information content (AvgIpc) is 3.20. The van der Waals surface area contributed by atoms with Gasteiger partial charge in [-0.1, -0.05) is 6.07 Å². The Hall–Kier alpha value is -3.75. The summed E-state index contributed by atoms with van der Waals surface area (Å²) in [5.41, 5.74) is 2.27. The number of pyridine rings is 1. The van der Waals surface area contributed by atoms with Crippen LogP contribution in [0.1, 0.15) is 49.8 Å². The summed E-state index contributed by atoms with van der Waals surface area (Å²) in [6, 6.07) is 9.77. The van der Waals surface area contributed by atoms with Crippen LogP contribution >= 0.6 is 0 Å². The second-order valence-electron chi connectivity index (χ2n) is 9.20. The van der Waals surface area contributed by atoms with E-state index in [2.05, 4.69) is 31.5 Å². The van der Waals surface area contributed by atoms with Crippen LogP contribution in [0.2, 0.25) is 0 Å². The first-order chi connectivity index (χ1) is 16.1. The molecule has 5 heterocycles. The maximum absolute atomic E-state index is 13.4. The van der Waals surface area contributed by atoms with Crippen molar-refractivity contribution in [1.82, 2.24) is 29.8 Å². The molecular weight excluding hydrogens is 416 g/mol. The third-order valence-corrected chi connectivity index (χ3v) is 6.81. The van der Waals surface area contributed by atoms with Gasteiger partial charge in [-0.2, -0.15) is 10.1 Å². The van der Waals surface area contributed by atoms with Crippen LogP contribution in [0.25, 0.3) is 5.52 Å². The number of carbonyl (C=O) groups excluding carboxylic acids is 1. The van der Waals surface area contributed by atoms with Gasteiger partial charge in [-0.05, 0) is 56.4 Å². The van der Waals surface area contributed by atoms with Crippen molar-refractivity contribution in [3.8, 4) is 0 Å². The van der Waals surface area contributed by atoms with E-state index in [0.29, 0.717) is 24.1 Å². The quantitative estimate of drug-likeness (QED) is 0.450. The van der Waals surface area contributed by atoms with Gasteiger partial charge in [0.2, 0.25) is 5.95 Å². The lowest BCUT2D eigenvalue weighted by molar-refractivity contribution is -0.122. The Morgan fingerprint density at radius 2 is 2.21 bits per heavy atom. The zero-order chi connectivity index (χ0) is 22.4. The second-order valence-corrected chi connectivity index (χ2v) is 9.20. The molecule has 0 amide bonds. The molecule has 2 aliphatic rings. The van der Waals surface area contributed by atoms with Gasteiger partial charge in [0.05, 0.1) is 5.54 Å². The van der Waals surface area contributed by atoms with Gasteiger partial charge in [-0.25, -0.2) is 4.52 Å². The molecule has 1 saturated heterocycles. The largest absolute Gasteiger partial charge is 0.327 e. The van der Waals surface area contributed by atoms with Crippen LogP contribution in [-0.2, 0) is 11.2 Å². The first kappa shape index (κ1) is 19.9. The Balaban J connectivity index is 1.32. The average molecular weight is 443 g/mol. The van der Waals surface area contributed by atoms with E-state index in [-0.39, 0.29) is 5.78 Å². The van der Waals surface area contributed by atoms with Gasteiger partial charge in [0, 0.05) is 49.2 Å². The van der Waals surface area contributed by atoms with E-state index in [1.807, 2.05) is 41.9 Å². The monoisotopic (exact) mass is 442 g/mol. The highest BCUT2D eigenvalue weighted by atomic mass is 16.1. The summed E-state index contributed by atoms with van der Waals surface area (Å²) in [5.74, 6) is 2.70. The van der Waals surface area contributed by atoms with Crippen molar-refractivity contribution in [2.45, 2.75) is 50.5 Å². The number of fused-ring (bicyclic) bond motifs is 1. The number of carbonyl (C=O) groups is 1. The van der Waals surface area contributed by atoms with Gasteiger partial charge in [0.1, 0.15) is 5.52 Å². The molecule has 1 aliphatic carbocycles. The highest BCUT2D eigenvalue weighted by Crippen LogP contribution is 2.40. The first-order valence-corrected chi connectivity index (χ1v) is 11.5. The standard InChI is InChI=1S/C24H26N8O/c1-24(20(33)13-16-5-2-10-25-15-16)9-4-11-31(24)23-27-22(19-6-3-12-32(19)30-23)26-21-14-18(28-29-21)17-7-8-17/h2-3,5-6,10,12,14-15,17H,4,7-9,11,13H2,1H3,(H2,26,27,28,29,30)/t24-/m0/s1. The van der Waals surface area contributed by atoms with Crippen LogP contribution < -0.4 is 10.2 Å². The molecule has 33 heavy (non-hydrogen) atoms. The molecule has 9 heteroatoms. The van der Waals surface area contributed by atoms with Crippen molar-refractivity contribution in [3.05, 3.63) is 60.2 Å². The number of hydrogen-bond acceptors (Lipinski definition) is 7. The van der Waals surface area contributed by atoms with Crippen LogP contribution in [0.3, 0.4) is 0 Å². The highest BCUT2D eigenvalue weighted by Gasteiger charge is 2.44. The highest BCUT2D eigenvalue weighted by molar-refractivity contribution is 5.93. The second kappa shape index (κ2) is 7.68. The lowest BCUT2D eigenvalue weighted by atomic mass is 9.89. The molecule has 1 aliphatic heterocycles. The molecule has 0 aromatic carbocycles. The van der Waals surface area contributed by atoms with Crippen LogP contribution in [0, 0.1) is 0 Å². The van der Waals surface area contributed by atoms with E-state index in [9.17, 15) is 4.79 Å². The van der Waals surface area contributed by atoms with Gasteiger partial charge in [-0.15, -0.1) is 5.10 Å². The summed E-state index contributed by atoms with van der Waals surface area (Å²) in [5, 5.41) is 15.7. The Bertz CT molecular complexity index is 1310. The fourth-order valence-electron chi connectivity index (χ4n) is 4.71. The normalized spacial score (nSPS) is 20.5. The van der Waals surface area contributed by atoms with Crippen LogP contribution in [0.5, 0.6) is 0 Å². The molecule has 0 radical (unpaired) electrons. The third kappa shape index (κ3) is 3.63. The van der Waals surface area contributed by atoms with Crippen LogP contribution in [0.4, 0.5) is 17.6 Å². The lowest BCUT2D eigenvalue weighted by Crippen LogP contribution is -2.49. The number of hydrogen-bond donors (Lipinski definition) is 2. The smallest absolute Gasteiger partial charge is 0.246 e. The van der Waals surface area contributed by atoms with Crippen molar-refractivity contribution in [3.63, 3.8) is 0 Å². The molecule has 1 atom stereocenters. The molecule has 0 spiro atoms. The van der Waals surface area contributed by atoms with E-state index in [0.717, 1.165) is 42.0 Å². The van der Waals surface area contributed by atoms with Crippen molar-refractivity contribution in [2.75, 3.05) is 16.8 Å². The molecule has 1 saturated carbocycles. The van der Waals surface area contributed by atoms with E-state index >= 15 is 0 Å². The van der Waals surface area contributed by atoms with Crippen molar-refractivity contribution >= 4 is 28.9 Å². The van der Waals surface area contributed by atoms with E-state index in [1.165, 1.54) is 12.8 Å². The number of Topliss-reactive ketones (excluding diaryl/α,β-unsaturated/α-hetero) is 1. The van der Waals surface area contributed by atoms with Gasteiger partial charge in [0.15, 0.2) is 17.4 Å². The Kier molecular flexibility index (Phi) is 4.63. The third-order valence-electron chi connectivity index (χ3n) is 6.81. The fraction of sp³-hybridized carbons (Fsp3) is 0.375. The van der Waals surface area contributed by atoms with Crippen LogP contribution in [0.15, 0.2) is 48.9 Å². The van der Waals surface area contributed by atoms with Crippen molar-refractivity contribution < 1.29 is 4.79 Å². The number of aromatic amines is 1. The number of ketones is 1. The van der Waals surface area contributed by atoms with E-state index in [4.69, 9.17) is 10.1 Å². The molecule has 0 bridgehead atoms. The zero-order valence-corrected chi connectivity index (χ0v) is 18.5. The first-order valence-electron chi connectivity index (χ1n) is 11.5. The fourth-order valence-corrected chi connectivity index (χ4v) is 4.71. The number of nitrogens with zero attached hydrogens (tertiary/aromatic N) is 6. The molecule has 2 N–H and O–H groups in total. The Labute approximate surface area is 191 Å². The predicted molar refractivity (Wildman–Crippen MR) is 125 cm³/mol. The summed E-state index contributed by atoms with van der Waals surface area (Å²) in [6.45, 7) is 2.74. The Morgan fingerprint density at radius 3 is 3.03 bits per heavy atom. The number of rotatable bonds is 7. The minimum absolute atomic E-state index is 0.153. The molecule has 9 nitrogen and oxygen atoms in total. The molecule has 0 unspecified atom stereocenters. The van der Waals surface area contributed by atoms with Gasteiger partial charge >= 0.3 is 0 Å². The molecule has 4 aromatic rings. The summed E-state index contributed by atoms with van der Waals surface area (Å²) in [7, 11) is 0.